The highest BCUT2D eigenvalue weighted by atomic mass is 35.5. The Morgan fingerprint density at radius 1 is 1.61 bits per heavy atom. The first-order valence-electron chi connectivity index (χ1n) is 5.74. The van der Waals surface area contributed by atoms with Gasteiger partial charge in [-0.25, -0.2) is 4.98 Å². The topological polar surface area (TPSA) is 54.5 Å². The van der Waals surface area contributed by atoms with E-state index < -0.39 is 0 Å². The molecule has 1 aromatic rings. The quantitative estimate of drug-likeness (QED) is 0.858. The molecule has 0 atom stereocenters. The van der Waals surface area contributed by atoms with Crippen molar-refractivity contribution in [3.05, 3.63) is 22.8 Å². The summed E-state index contributed by atoms with van der Waals surface area (Å²) in [6, 6.07) is 1.62. The van der Waals surface area contributed by atoms with E-state index in [2.05, 4.69) is 10.3 Å². The highest BCUT2D eigenvalue weighted by Crippen LogP contribution is 2.20. The summed E-state index contributed by atoms with van der Waals surface area (Å²) in [6.07, 6.45) is 1.52. The molecular weight excluding hydrogens is 254 g/mol. The number of pyridine rings is 1. The van der Waals surface area contributed by atoms with Crippen LogP contribution in [0.4, 0.5) is 5.82 Å². The number of amides is 1. The summed E-state index contributed by atoms with van der Waals surface area (Å²) < 4.78 is 4.93. The summed E-state index contributed by atoms with van der Waals surface area (Å²) in [7, 11) is 3.31. The number of hydrogen-bond acceptors (Lipinski definition) is 4. The molecule has 0 unspecified atom stereocenters. The molecular formula is C12H18ClN3O2. The maximum absolute atomic E-state index is 12.0. The normalized spacial score (nSPS) is 10.2. The van der Waals surface area contributed by atoms with Gasteiger partial charge in [-0.3, -0.25) is 4.79 Å². The Labute approximate surface area is 112 Å². The summed E-state index contributed by atoms with van der Waals surface area (Å²) in [5.41, 5.74) is 0.472. The number of nitrogens with one attached hydrogen (secondary N) is 1. The van der Waals surface area contributed by atoms with E-state index in [0.717, 1.165) is 6.54 Å². The van der Waals surface area contributed by atoms with Crippen molar-refractivity contribution < 1.29 is 9.53 Å². The highest BCUT2D eigenvalue weighted by Gasteiger charge is 2.13. The minimum Gasteiger partial charge on any atom is -0.383 e. The number of hydrogen-bond donors (Lipinski definition) is 1. The van der Waals surface area contributed by atoms with Crippen molar-refractivity contribution in [1.29, 1.82) is 0 Å². The standard InChI is InChI=1S/C12H18ClN3O2/c1-4-14-11-10(13)7-9(8-15-11)12(17)16(2)5-6-18-3/h7-8H,4-6H2,1-3H3,(H,14,15). The first kappa shape index (κ1) is 14.7. The van der Waals surface area contributed by atoms with Crippen LogP contribution in [0.2, 0.25) is 5.02 Å². The van der Waals surface area contributed by atoms with Crippen LogP contribution in [0.15, 0.2) is 12.3 Å². The number of carbonyl (C=O) groups excluding carboxylic acids is 1. The number of halogens is 1. The molecule has 0 fully saturated rings. The van der Waals surface area contributed by atoms with Gasteiger partial charge in [0.2, 0.25) is 0 Å². The monoisotopic (exact) mass is 271 g/mol. The summed E-state index contributed by atoms with van der Waals surface area (Å²) in [4.78, 5) is 17.7. The Balaban J connectivity index is 2.77. The summed E-state index contributed by atoms with van der Waals surface area (Å²) >= 11 is 6.04. The number of likely N-dealkylation sites (N-methyl/N-ethyl adjacent to an activating group) is 1. The van der Waals surface area contributed by atoms with Crippen LogP contribution in [0.1, 0.15) is 17.3 Å². The second kappa shape index (κ2) is 7.18. The van der Waals surface area contributed by atoms with Crippen molar-refractivity contribution in [2.24, 2.45) is 0 Å². The number of methoxy groups -OCH3 is 1. The zero-order chi connectivity index (χ0) is 13.5. The maximum Gasteiger partial charge on any atom is 0.255 e. The van der Waals surface area contributed by atoms with Gasteiger partial charge >= 0.3 is 0 Å². The molecule has 0 aromatic carbocycles. The summed E-state index contributed by atoms with van der Waals surface area (Å²) in [5.74, 6) is 0.472. The number of carbonyl (C=O) groups is 1. The minimum atomic E-state index is -0.121. The van der Waals surface area contributed by atoms with E-state index in [4.69, 9.17) is 16.3 Å². The van der Waals surface area contributed by atoms with Gasteiger partial charge in [-0.15, -0.1) is 0 Å². The predicted molar refractivity (Wildman–Crippen MR) is 72.2 cm³/mol. The second-order valence-electron chi connectivity index (χ2n) is 3.80. The van der Waals surface area contributed by atoms with Crippen molar-refractivity contribution in [2.75, 3.05) is 39.2 Å². The lowest BCUT2D eigenvalue weighted by Gasteiger charge is -2.16. The molecule has 18 heavy (non-hydrogen) atoms. The van der Waals surface area contributed by atoms with Gasteiger partial charge in [0.05, 0.1) is 17.2 Å². The molecule has 0 spiro atoms. The second-order valence-corrected chi connectivity index (χ2v) is 4.21. The number of anilines is 1. The Morgan fingerprint density at radius 2 is 2.33 bits per heavy atom. The Bertz CT molecular complexity index is 412. The number of aromatic nitrogens is 1. The van der Waals surface area contributed by atoms with Gasteiger partial charge in [-0.1, -0.05) is 11.6 Å². The van der Waals surface area contributed by atoms with E-state index in [1.165, 1.54) is 6.20 Å². The smallest absolute Gasteiger partial charge is 0.255 e. The Kier molecular flexibility index (Phi) is 5.88. The van der Waals surface area contributed by atoms with E-state index in [1.807, 2.05) is 6.92 Å². The molecule has 0 bridgehead atoms. The van der Waals surface area contributed by atoms with Crippen molar-refractivity contribution in [3.8, 4) is 0 Å². The van der Waals surface area contributed by atoms with Gasteiger partial charge in [-0.05, 0) is 13.0 Å². The third-order valence-corrected chi connectivity index (χ3v) is 2.70. The van der Waals surface area contributed by atoms with Gasteiger partial charge in [-0.2, -0.15) is 0 Å². The molecule has 100 valence electrons. The largest absolute Gasteiger partial charge is 0.383 e. The molecule has 1 amide bonds. The van der Waals surface area contributed by atoms with E-state index in [-0.39, 0.29) is 5.91 Å². The zero-order valence-corrected chi connectivity index (χ0v) is 11.6. The SMILES string of the molecule is CCNc1ncc(C(=O)N(C)CCOC)cc1Cl. The molecule has 0 saturated carbocycles. The van der Waals surface area contributed by atoms with Crippen LogP contribution in [0, 0.1) is 0 Å². The molecule has 0 aliphatic carbocycles. The van der Waals surface area contributed by atoms with Crippen molar-refractivity contribution in [1.82, 2.24) is 9.88 Å². The lowest BCUT2D eigenvalue weighted by molar-refractivity contribution is 0.0744. The molecule has 6 heteroatoms. The van der Waals surface area contributed by atoms with E-state index in [0.29, 0.717) is 29.6 Å². The van der Waals surface area contributed by atoms with Crippen LogP contribution in [0.3, 0.4) is 0 Å². The fourth-order valence-corrected chi connectivity index (χ4v) is 1.64. The van der Waals surface area contributed by atoms with Gasteiger partial charge < -0.3 is 15.0 Å². The maximum atomic E-state index is 12.0. The molecule has 1 rings (SSSR count). The van der Waals surface area contributed by atoms with Crippen LogP contribution in [0.5, 0.6) is 0 Å². The number of ether oxygens (including phenoxy) is 1. The van der Waals surface area contributed by atoms with Crippen LogP contribution in [-0.2, 0) is 4.74 Å². The first-order valence-corrected chi connectivity index (χ1v) is 6.11. The Hall–Kier alpha value is -1.33. The van der Waals surface area contributed by atoms with Crippen molar-refractivity contribution in [3.63, 3.8) is 0 Å². The van der Waals surface area contributed by atoms with Crippen molar-refractivity contribution in [2.45, 2.75) is 6.92 Å². The van der Waals surface area contributed by atoms with Gasteiger partial charge in [0.25, 0.3) is 5.91 Å². The lowest BCUT2D eigenvalue weighted by Crippen LogP contribution is -2.30. The van der Waals surface area contributed by atoms with E-state index in [1.54, 1.807) is 25.1 Å². The molecule has 1 aromatic heterocycles. The molecule has 0 aliphatic heterocycles. The third-order valence-electron chi connectivity index (χ3n) is 2.41. The summed E-state index contributed by atoms with van der Waals surface area (Å²) in [5, 5.41) is 3.46. The first-order chi connectivity index (χ1) is 8.60. The third kappa shape index (κ3) is 3.85. The highest BCUT2D eigenvalue weighted by molar-refractivity contribution is 6.33. The van der Waals surface area contributed by atoms with Crippen LogP contribution in [0.25, 0.3) is 0 Å². The molecule has 1 heterocycles. The fourth-order valence-electron chi connectivity index (χ4n) is 1.40. The average Bonchev–Trinajstić information content (AvgIpc) is 2.37. The zero-order valence-electron chi connectivity index (χ0n) is 10.9. The number of nitrogens with zero attached hydrogens (tertiary/aromatic N) is 2. The van der Waals surface area contributed by atoms with Gasteiger partial charge in [0.15, 0.2) is 0 Å². The van der Waals surface area contributed by atoms with Crippen LogP contribution in [-0.4, -0.2) is 49.6 Å². The molecule has 0 aliphatic rings. The minimum absolute atomic E-state index is 0.121. The van der Waals surface area contributed by atoms with E-state index >= 15 is 0 Å². The molecule has 0 radical (unpaired) electrons. The Morgan fingerprint density at radius 3 is 2.89 bits per heavy atom. The summed E-state index contributed by atoms with van der Waals surface area (Å²) in [6.45, 7) is 3.71. The van der Waals surface area contributed by atoms with Gasteiger partial charge in [0, 0.05) is 33.4 Å². The lowest BCUT2D eigenvalue weighted by atomic mass is 10.2. The van der Waals surface area contributed by atoms with Crippen LogP contribution < -0.4 is 5.32 Å². The van der Waals surface area contributed by atoms with Crippen LogP contribution >= 0.6 is 11.6 Å². The average molecular weight is 272 g/mol. The fraction of sp³-hybridized carbons (Fsp3) is 0.500. The number of rotatable bonds is 6. The molecule has 0 saturated heterocycles. The van der Waals surface area contributed by atoms with E-state index in [9.17, 15) is 4.79 Å². The van der Waals surface area contributed by atoms with Gasteiger partial charge in [0.1, 0.15) is 5.82 Å². The van der Waals surface area contributed by atoms with Crippen molar-refractivity contribution >= 4 is 23.3 Å². The predicted octanol–water partition coefficient (Wildman–Crippen LogP) is 1.89. The molecule has 5 nitrogen and oxygen atoms in total. The molecule has 1 N–H and O–H groups in total.